The topological polar surface area (TPSA) is 44.7 Å². The van der Waals surface area contributed by atoms with E-state index in [1.54, 1.807) is 0 Å². The molecule has 1 aromatic rings. The summed E-state index contributed by atoms with van der Waals surface area (Å²) in [5, 5.41) is 3.96. The molecule has 1 heterocycles. The number of carbonyl (C=O) groups excluding carboxylic acids is 1. The molecule has 1 atom stereocenters. The standard InChI is InChI=1S/C28H42ClN3O/c1-21-17-26(29)13-14-27(21)31-23(3)11-12-25(18-24-9-5-4-6-10-24)19-30-28(33)22(2)20-32-15-7-8-16-32/h13-14,17,24-25H,2,4-12,15-16,18-20H2,1,3H3,(H,30,33). The van der Waals surface area contributed by atoms with Crippen molar-refractivity contribution >= 4 is 28.9 Å². The zero-order valence-electron chi connectivity index (χ0n) is 20.7. The zero-order chi connectivity index (χ0) is 23.6. The maximum Gasteiger partial charge on any atom is 0.247 e. The van der Waals surface area contributed by atoms with Crippen LogP contribution in [0.25, 0.3) is 0 Å². The van der Waals surface area contributed by atoms with Crippen LogP contribution in [0.2, 0.25) is 5.02 Å². The molecule has 2 fully saturated rings. The minimum atomic E-state index is 0.0257. The van der Waals surface area contributed by atoms with Crippen molar-refractivity contribution in [2.24, 2.45) is 16.8 Å². The van der Waals surface area contributed by atoms with Gasteiger partial charge in [-0.15, -0.1) is 0 Å². The molecule has 182 valence electrons. The maximum atomic E-state index is 12.7. The van der Waals surface area contributed by atoms with Crippen LogP contribution in [0, 0.1) is 18.8 Å². The highest BCUT2D eigenvalue weighted by Crippen LogP contribution is 2.31. The highest BCUT2D eigenvalue weighted by Gasteiger charge is 2.21. The van der Waals surface area contributed by atoms with Gasteiger partial charge in [0.1, 0.15) is 0 Å². The largest absolute Gasteiger partial charge is 0.352 e. The maximum absolute atomic E-state index is 12.7. The first-order valence-corrected chi connectivity index (χ1v) is 13.3. The molecule has 1 amide bonds. The van der Waals surface area contributed by atoms with E-state index in [1.807, 2.05) is 18.2 Å². The number of hydrogen-bond donors (Lipinski definition) is 1. The molecule has 1 N–H and O–H groups in total. The number of hydrogen-bond acceptors (Lipinski definition) is 3. The van der Waals surface area contributed by atoms with Gasteiger partial charge < -0.3 is 5.32 Å². The molecule has 1 unspecified atom stereocenters. The summed E-state index contributed by atoms with van der Waals surface area (Å²) in [5.41, 5.74) is 3.93. The predicted octanol–water partition coefficient (Wildman–Crippen LogP) is 6.88. The van der Waals surface area contributed by atoms with Gasteiger partial charge in [-0.3, -0.25) is 14.7 Å². The second-order valence-corrected chi connectivity index (χ2v) is 10.7. The minimum absolute atomic E-state index is 0.0257. The number of nitrogens with one attached hydrogen (secondary N) is 1. The average molecular weight is 472 g/mol. The Labute approximate surface area is 205 Å². The normalized spacial score (nSPS) is 18.9. The van der Waals surface area contributed by atoms with E-state index in [2.05, 4.69) is 30.6 Å². The minimum Gasteiger partial charge on any atom is -0.352 e. The number of nitrogens with zero attached hydrogens (tertiary/aromatic N) is 2. The first-order valence-electron chi connectivity index (χ1n) is 12.9. The van der Waals surface area contributed by atoms with Gasteiger partial charge in [0.25, 0.3) is 0 Å². The molecule has 4 nitrogen and oxygen atoms in total. The lowest BCUT2D eigenvalue weighted by Crippen LogP contribution is -2.35. The molecule has 0 radical (unpaired) electrons. The predicted molar refractivity (Wildman–Crippen MR) is 141 cm³/mol. The van der Waals surface area contributed by atoms with Gasteiger partial charge in [-0.1, -0.05) is 50.3 Å². The summed E-state index contributed by atoms with van der Waals surface area (Å²) in [4.78, 5) is 19.9. The first-order chi connectivity index (χ1) is 15.9. The van der Waals surface area contributed by atoms with E-state index in [0.29, 0.717) is 18.0 Å². The smallest absolute Gasteiger partial charge is 0.247 e. The van der Waals surface area contributed by atoms with Crippen LogP contribution in [0.4, 0.5) is 5.69 Å². The number of halogens is 1. The molecule has 1 saturated carbocycles. The van der Waals surface area contributed by atoms with Crippen molar-refractivity contribution in [1.29, 1.82) is 0 Å². The summed E-state index contributed by atoms with van der Waals surface area (Å²) >= 11 is 6.09. The Kier molecular flexibility index (Phi) is 10.5. The van der Waals surface area contributed by atoms with Gasteiger partial charge in [-0.2, -0.15) is 0 Å². The molecule has 2 aliphatic rings. The van der Waals surface area contributed by atoms with Crippen LogP contribution >= 0.6 is 11.6 Å². The molecule has 3 rings (SSSR count). The third-order valence-corrected chi connectivity index (χ3v) is 7.50. The van der Waals surface area contributed by atoms with Gasteiger partial charge in [0.05, 0.1) is 5.69 Å². The van der Waals surface area contributed by atoms with Crippen molar-refractivity contribution in [3.63, 3.8) is 0 Å². The Bertz CT molecular complexity index is 822. The second kappa shape index (κ2) is 13.3. The van der Waals surface area contributed by atoms with Crippen molar-refractivity contribution < 1.29 is 4.79 Å². The van der Waals surface area contributed by atoms with Crippen LogP contribution in [-0.4, -0.2) is 42.7 Å². The van der Waals surface area contributed by atoms with E-state index in [-0.39, 0.29) is 5.91 Å². The van der Waals surface area contributed by atoms with E-state index in [1.165, 1.54) is 51.4 Å². The van der Waals surface area contributed by atoms with E-state index in [0.717, 1.165) is 60.4 Å². The van der Waals surface area contributed by atoms with Crippen molar-refractivity contribution in [3.8, 4) is 0 Å². The molecule has 0 bridgehead atoms. The Morgan fingerprint density at radius 2 is 1.94 bits per heavy atom. The molecule has 1 saturated heterocycles. The Morgan fingerprint density at radius 3 is 2.64 bits per heavy atom. The Balaban J connectivity index is 1.54. The molecule has 0 aromatic heterocycles. The zero-order valence-corrected chi connectivity index (χ0v) is 21.4. The number of amides is 1. The van der Waals surface area contributed by atoms with E-state index < -0.39 is 0 Å². The molecule has 1 aromatic carbocycles. The fraction of sp³-hybridized carbons (Fsp3) is 0.643. The third-order valence-electron chi connectivity index (χ3n) is 7.26. The van der Waals surface area contributed by atoms with Crippen LogP contribution in [0.5, 0.6) is 0 Å². The monoisotopic (exact) mass is 471 g/mol. The molecule has 33 heavy (non-hydrogen) atoms. The van der Waals surface area contributed by atoms with Crippen LogP contribution in [0.1, 0.15) is 76.7 Å². The Hall–Kier alpha value is -1.65. The van der Waals surface area contributed by atoms with E-state index >= 15 is 0 Å². The average Bonchev–Trinajstić information content (AvgIpc) is 3.31. The highest BCUT2D eigenvalue weighted by atomic mass is 35.5. The summed E-state index contributed by atoms with van der Waals surface area (Å²) in [6.07, 6.45) is 12.4. The second-order valence-electron chi connectivity index (χ2n) is 10.2. The summed E-state index contributed by atoms with van der Waals surface area (Å²) in [6.45, 7) is 11.8. The molecule has 5 heteroatoms. The summed E-state index contributed by atoms with van der Waals surface area (Å²) in [7, 11) is 0. The molecule has 0 spiro atoms. The fourth-order valence-electron chi connectivity index (χ4n) is 5.26. The Morgan fingerprint density at radius 1 is 1.21 bits per heavy atom. The number of aliphatic imine (C=N–C) groups is 1. The van der Waals surface area contributed by atoms with Gasteiger partial charge >= 0.3 is 0 Å². The quantitative estimate of drug-likeness (QED) is 0.282. The van der Waals surface area contributed by atoms with Gasteiger partial charge in [-0.25, -0.2) is 0 Å². The third kappa shape index (κ3) is 8.90. The number of likely N-dealkylation sites (tertiary alicyclic amines) is 1. The number of rotatable bonds is 11. The number of aryl methyl sites for hydroxylation is 1. The van der Waals surface area contributed by atoms with Crippen LogP contribution in [-0.2, 0) is 4.79 Å². The van der Waals surface area contributed by atoms with Gasteiger partial charge in [-0.05, 0) is 94.6 Å². The van der Waals surface area contributed by atoms with Gasteiger partial charge in [0.15, 0.2) is 0 Å². The van der Waals surface area contributed by atoms with Crippen LogP contribution in [0.3, 0.4) is 0 Å². The first kappa shape index (κ1) is 26.0. The number of carbonyl (C=O) groups is 1. The number of benzene rings is 1. The van der Waals surface area contributed by atoms with Crippen molar-refractivity contribution in [2.45, 2.75) is 78.1 Å². The molecule has 1 aliphatic heterocycles. The lowest BCUT2D eigenvalue weighted by Gasteiger charge is -2.27. The van der Waals surface area contributed by atoms with Crippen molar-refractivity contribution in [3.05, 3.63) is 40.9 Å². The van der Waals surface area contributed by atoms with Crippen molar-refractivity contribution in [1.82, 2.24) is 10.2 Å². The summed E-state index contributed by atoms with van der Waals surface area (Å²) in [6, 6.07) is 5.86. The fourth-order valence-corrected chi connectivity index (χ4v) is 5.49. The van der Waals surface area contributed by atoms with Gasteiger partial charge in [0, 0.05) is 29.4 Å². The van der Waals surface area contributed by atoms with E-state index in [4.69, 9.17) is 16.6 Å². The van der Waals surface area contributed by atoms with E-state index in [9.17, 15) is 4.79 Å². The lowest BCUT2D eigenvalue weighted by atomic mass is 9.81. The molecular formula is C28H42ClN3O. The molecule has 1 aliphatic carbocycles. The molecular weight excluding hydrogens is 430 g/mol. The highest BCUT2D eigenvalue weighted by molar-refractivity contribution is 6.30. The van der Waals surface area contributed by atoms with Gasteiger partial charge in [0.2, 0.25) is 5.91 Å². The SMILES string of the molecule is C=C(CN1CCCC1)C(=O)NCC(CCC(C)=Nc1ccc(Cl)cc1C)CC1CCCCC1. The lowest BCUT2D eigenvalue weighted by molar-refractivity contribution is -0.117. The van der Waals surface area contributed by atoms with Crippen molar-refractivity contribution in [2.75, 3.05) is 26.2 Å². The van der Waals surface area contributed by atoms with Crippen LogP contribution < -0.4 is 5.32 Å². The summed E-state index contributed by atoms with van der Waals surface area (Å²) < 4.78 is 0. The summed E-state index contributed by atoms with van der Waals surface area (Å²) in [5.74, 6) is 1.30. The van der Waals surface area contributed by atoms with Crippen LogP contribution in [0.15, 0.2) is 35.3 Å².